The van der Waals surface area contributed by atoms with Crippen molar-refractivity contribution in [2.45, 2.75) is 122 Å². The zero-order valence-electron chi connectivity index (χ0n) is 22.8. The number of ether oxygens (including phenoxy) is 1. The summed E-state index contributed by atoms with van der Waals surface area (Å²) < 4.78 is 5.92. The largest absolute Gasteiger partial charge is 0.494 e. The van der Waals surface area contributed by atoms with Crippen molar-refractivity contribution in [3.63, 3.8) is 0 Å². The lowest BCUT2D eigenvalue weighted by Gasteiger charge is -2.09. The van der Waals surface area contributed by atoms with E-state index in [2.05, 4.69) is 55.0 Å². The average Bonchev–Trinajstić information content (AvgIpc) is 2.90. The van der Waals surface area contributed by atoms with Gasteiger partial charge in [0.15, 0.2) is 5.16 Å². The van der Waals surface area contributed by atoms with Crippen LogP contribution in [0.15, 0.2) is 41.8 Å². The molecule has 2 aromatic rings. The molecule has 0 saturated heterocycles. The Labute approximate surface area is 220 Å². The highest BCUT2D eigenvalue weighted by Crippen LogP contribution is 2.23. The SMILES string of the molecule is CCCCCCCCCCCCSc1ncc(-c2ccc(OCCCCC[C@@H](C)CC)cc2)cn1. The van der Waals surface area contributed by atoms with Gasteiger partial charge in [-0.25, -0.2) is 9.97 Å². The van der Waals surface area contributed by atoms with E-state index in [1.54, 1.807) is 11.8 Å². The van der Waals surface area contributed by atoms with Crippen LogP contribution in [-0.2, 0) is 0 Å². The fourth-order valence-corrected chi connectivity index (χ4v) is 4.99. The molecule has 1 aromatic carbocycles. The van der Waals surface area contributed by atoms with Gasteiger partial charge in [-0.1, -0.05) is 128 Å². The number of rotatable bonds is 21. The van der Waals surface area contributed by atoms with E-state index in [9.17, 15) is 0 Å². The molecule has 0 aliphatic rings. The predicted octanol–water partition coefficient (Wildman–Crippen LogP) is 10.1. The zero-order valence-corrected chi connectivity index (χ0v) is 23.6. The minimum absolute atomic E-state index is 0.800. The van der Waals surface area contributed by atoms with Crippen molar-refractivity contribution in [3.05, 3.63) is 36.7 Å². The van der Waals surface area contributed by atoms with Crippen LogP contribution in [0, 0.1) is 5.92 Å². The summed E-state index contributed by atoms with van der Waals surface area (Å²) in [6, 6.07) is 8.33. The van der Waals surface area contributed by atoms with E-state index >= 15 is 0 Å². The summed E-state index contributed by atoms with van der Waals surface area (Å²) in [5, 5.41) is 0.887. The Morgan fingerprint density at radius 2 is 1.31 bits per heavy atom. The van der Waals surface area contributed by atoms with Crippen molar-refractivity contribution >= 4 is 11.8 Å². The van der Waals surface area contributed by atoms with Crippen LogP contribution in [0.2, 0.25) is 0 Å². The molecule has 0 aliphatic carbocycles. The lowest BCUT2D eigenvalue weighted by molar-refractivity contribution is 0.302. The Balaban J connectivity index is 1.56. The summed E-state index contributed by atoms with van der Waals surface area (Å²) in [6.45, 7) is 7.70. The third kappa shape index (κ3) is 13.9. The van der Waals surface area contributed by atoms with E-state index in [-0.39, 0.29) is 0 Å². The molecule has 0 fully saturated rings. The van der Waals surface area contributed by atoms with Crippen LogP contribution in [0.1, 0.15) is 117 Å². The molecule has 0 spiro atoms. The molecule has 0 amide bonds. The third-order valence-electron chi connectivity index (χ3n) is 6.85. The van der Waals surface area contributed by atoms with Crippen LogP contribution in [0.4, 0.5) is 0 Å². The molecule has 0 bridgehead atoms. The predicted molar refractivity (Wildman–Crippen MR) is 153 cm³/mol. The Hall–Kier alpha value is -1.55. The minimum Gasteiger partial charge on any atom is -0.494 e. The molecule has 35 heavy (non-hydrogen) atoms. The standard InChI is InChI=1S/C31H50N2OS/c1-4-6-7-8-9-10-11-12-13-17-24-35-31-32-25-29(26-33-31)28-19-21-30(22-20-28)34-23-16-14-15-18-27(3)5-2/h19-22,25-27H,4-18,23-24H2,1-3H3/t27-/m0/s1. The molecule has 196 valence electrons. The maximum absolute atomic E-state index is 5.92. The van der Waals surface area contributed by atoms with Gasteiger partial charge in [-0.15, -0.1) is 0 Å². The van der Waals surface area contributed by atoms with E-state index < -0.39 is 0 Å². The second-order valence-corrected chi connectivity index (χ2v) is 11.1. The van der Waals surface area contributed by atoms with Crippen LogP contribution < -0.4 is 4.74 Å². The highest BCUT2D eigenvalue weighted by molar-refractivity contribution is 7.99. The van der Waals surface area contributed by atoms with E-state index in [4.69, 9.17) is 4.74 Å². The minimum atomic E-state index is 0.800. The molecule has 0 saturated carbocycles. The number of aromatic nitrogens is 2. The molecule has 1 atom stereocenters. The van der Waals surface area contributed by atoms with Gasteiger partial charge in [0.2, 0.25) is 0 Å². The van der Waals surface area contributed by atoms with E-state index in [1.807, 2.05) is 12.4 Å². The van der Waals surface area contributed by atoms with Crippen LogP contribution in [0.3, 0.4) is 0 Å². The number of nitrogens with zero attached hydrogens (tertiary/aromatic N) is 2. The van der Waals surface area contributed by atoms with Crippen LogP contribution >= 0.6 is 11.8 Å². The van der Waals surface area contributed by atoms with Crippen molar-refractivity contribution in [3.8, 4) is 16.9 Å². The monoisotopic (exact) mass is 498 g/mol. The van der Waals surface area contributed by atoms with Gasteiger partial charge in [0.1, 0.15) is 5.75 Å². The van der Waals surface area contributed by atoms with Gasteiger partial charge in [-0.2, -0.15) is 0 Å². The Morgan fingerprint density at radius 3 is 1.94 bits per heavy atom. The Kier molecular flexibility index (Phi) is 16.6. The molecule has 0 aliphatic heterocycles. The third-order valence-corrected chi connectivity index (χ3v) is 7.81. The number of thioether (sulfide) groups is 1. The van der Waals surface area contributed by atoms with Gasteiger partial charge in [-0.3, -0.25) is 0 Å². The molecule has 0 N–H and O–H groups in total. The molecule has 0 unspecified atom stereocenters. The number of hydrogen-bond donors (Lipinski definition) is 0. The summed E-state index contributed by atoms with van der Waals surface area (Å²) in [7, 11) is 0. The van der Waals surface area contributed by atoms with Gasteiger partial charge in [-0.05, 0) is 36.5 Å². The van der Waals surface area contributed by atoms with Crippen LogP contribution in [0.5, 0.6) is 5.75 Å². The summed E-state index contributed by atoms with van der Waals surface area (Å²) in [5.41, 5.74) is 2.20. The highest BCUT2D eigenvalue weighted by atomic mass is 32.2. The quantitative estimate of drug-likeness (QED) is 0.0974. The average molecular weight is 499 g/mol. The van der Waals surface area contributed by atoms with Gasteiger partial charge in [0, 0.05) is 23.7 Å². The van der Waals surface area contributed by atoms with Crippen LogP contribution in [-0.4, -0.2) is 22.3 Å². The van der Waals surface area contributed by atoms with E-state index in [0.29, 0.717) is 0 Å². The molecule has 1 aromatic heterocycles. The molecule has 0 radical (unpaired) electrons. The fourth-order valence-electron chi connectivity index (χ4n) is 4.20. The molecular formula is C31H50N2OS. The van der Waals surface area contributed by atoms with Gasteiger partial charge in [0.25, 0.3) is 0 Å². The summed E-state index contributed by atoms with van der Waals surface area (Å²) in [4.78, 5) is 9.15. The smallest absolute Gasteiger partial charge is 0.187 e. The Morgan fingerprint density at radius 1 is 0.714 bits per heavy atom. The van der Waals surface area contributed by atoms with E-state index in [1.165, 1.54) is 89.9 Å². The first kappa shape index (κ1) is 29.7. The number of benzene rings is 1. The lowest BCUT2D eigenvalue weighted by Crippen LogP contribution is -1.98. The van der Waals surface area contributed by atoms with E-state index in [0.717, 1.165) is 46.7 Å². The normalized spacial score (nSPS) is 12.1. The number of hydrogen-bond acceptors (Lipinski definition) is 4. The first-order chi connectivity index (χ1) is 17.2. The van der Waals surface area contributed by atoms with Crippen molar-refractivity contribution in [2.75, 3.05) is 12.4 Å². The first-order valence-electron chi connectivity index (χ1n) is 14.4. The summed E-state index contributed by atoms with van der Waals surface area (Å²) in [6.07, 6.45) is 24.0. The van der Waals surface area contributed by atoms with Gasteiger partial charge >= 0.3 is 0 Å². The first-order valence-corrected chi connectivity index (χ1v) is 15.4. The molecule has 4 heteroatoms. The highest BCUT2D eigenvalue weighted by Gasteiger charge is 2.03. The second kappa shape index (κ2) is 19.6. The maximum Gasteiger partial charge on any atom is 0.187 e. The van der Waals surface area contributed by atoms with Crippen LogP contribution in [0.25, 0.3) is 11.1 Å². The molecule has 3 nitrogen and oxygen atoms in total. The fraction of sp³-hybridized carbons (Fsp3) is 0.677. The molecule has 2 rings (SSSR count). The second-order valence-electron chi connectivity index (χ2n) is 10.0. The molecule has 1 heterocycles. The number of unbranched alkanes of at least 4 members (excludes halogenated alkanes) is 11. The van der Waals surface area contributed by atoms with Gasteiger partial charge < -0.3 is 4.74 Å². The topological polar surface area (TPSA) is 35.0 Å². The molecular weight excluding hydrogens is 448 g/mol. The summed E-state index contributed by atoms with van der Waals surface area (Å²) in [5.74, 6) is 2.91. The maximum atomic E-state index is 5.92. The van der Waals surface area contributed by atoms with Crippen molar-refractivity contribution in [1.82, 2.24) is 9.97 Å². The van der Waals surface area contributed by atoms with Crippen molar-refractivity contribution < 1.29 is 4.74 Å². The van der Waals surface area contributed by atoms with Crippen molar-refractivity contribution in [1.29, 1.82) is 0 Å². The lowest BCUT2D eigenvalue weighted by atomic mass is 10.0. The van der Waals surface area contributed by atoms with Crippen molar-refractivity contribution in [2.24, 2.45) is 5.92 Å². The van der Waals surface area contributed by atoms with Gasteiger partial charge in [0.05, 0.1) is 6.61 Å². The Bertz CT molecular complexity index is 748. The summed E-state index contributed by atoms with van der Waals surface area (Å²) >= 11 is 1.78. The zero-order chi connectivity index (χ0) is 25.0.